The first-order valence-corrected chi connectivity index (χ1v) is 7.70. The van der Waals surface area contributed by atoms with Crippen molar-refractivity contribution in [3.63, 3.8) is 0 Å². The lowest BCUT2D eigenvalue weighted by molar-refractivity contribution is 0.178. The molecule has 1 atom stereocenters. The van der Waals surface area contributed by atoms with Gasteiger partial charge in [0.05, 0.1) is 0 Å². The quantitative estimate of drug-likeness (QED) is 0.889. The van der Waals surface area contributed by atoms with E-state index in [1.165, 1.54) is 0 Å². The first-order chi connectivity index (χ1) is 10.1. The second-order valence-electron chi connectivity index (χ2n) is 5.65. The number of nitrogens with zero attached hydrogens (tertiary/aromatic N) is 4. The standard InChI is InChI=1S/C15H27N5O/c1-5-16-13-9-15(18-14(17-13)11-21-4)20-8-6-7-19(3)10-12(20)2/h9,12H,5-8,10-11H2,1-4H3,(H,16,17,18). The Kier molecular flexibility index (Phi) is 5.76. The van der Waals surface area contributed by atoms with Crippen LogP contribution in [0.2, 0.25) is 0 Å². The van der Waals surface area contributed by atoms with Crippen molar-refractivity contribution in [3.05, 3.63) is 11.9 Å². The molecule has 118 valence electrons. The van der Waals surface area contributed by atoms with E-state index in [0.29, 0.717) is 12.6 Å². The average molecular weight is 293 g/mol. The van der Waals surface area contributed by atoms with Crippen LogP contribution in [0.5, 0.6) is 0 Å². The Balaban J connectivity index is 2.27. The highest BCUT2D eigenvalue weighted by Gasteiger charge is 2.21. The van der Waals surface area contributed by atoms with Crippen molar-refractivity contribution >= 4 is 11.6 Å². The predicted molar refractivity (Wildman–Crippen MR) is 85.8 cm³/mol. The van der Waals surface area contributed by atoms with Crippen LogP contribution >= 0.6 is 0 Å². The number of likely N-dealkylation sites (N-methyl/N-ethyl adjacent to an activating group) is 1. The topological polar surface area (TPSA) is 53.5 Å². The van der Waals surface area contributed by atoms with Crippen LogP contribution in [0.1, 0.15) is 26.1 Å². The van der Waals surface area contributed by atoms with Crippen LogP contribution in [0.15, 0.2) is 6.07 Å². The fraction of sp³-hybridized carbons (Fsp3) is 0.733. The summed E-state index contributed by atoms with van der Waals surface area (Å²) in [5.41, 5.74) is 0. The molecule has 2 heterocycles. The van der Waals surface area contributed by atoms with Gasteiger partial charge in [-0.2, -0.15) is 0 Å². The Hall–Kier alpha value is -1.40. The van der Waals surface area contributed by atoms with Crippen molar-refractivity contribution in [2.75, 3.05) is 50.6 Å². The third kappa shape index (κ3) is 4.28. The Labute approximate surface area is 127 Å². The van der Waals surface area contributed by atoms with E-state index in [1.807, 2.05) is 6.07 Å². The molecule has 0 saturated carbocycles. The van der Waals surface area contributed by atoms with Crippen LogP contribution in [0.3, 0.4) is 0 Å². The summed E-state index contributed by atoms with van der Waals surface area (Å²) < 4.78 is 5.19. The number of nitrogens with one attached hydrogen (secondary N) is 1. The average Bonchev–Trinajstić information content (AvgIpc) is 2.60. The van der Waals surface area contributed by atoms with E-state index < -0.39 is 0 Å². The molecule has 0 aromatic carbocycles. The second-order valence-corrected chi connectivity index (χ2v) is 5.65. The van der Waals surface area contributed by atoms with Gasteiger partial charge in [0.25, 0.3) is 0 Å². The molecule has 0 radical (unpaired) electrons. The third-order valence-corrected chi connectivity index (χ3v) is 3.73. The molecule has 1 aromatic rings. The third-order valence-electron chi connectivity index (χ3n) is 3.73. The van der Waals surface area contributed by atoms with Crippen molar-refractivity contribution in [2.45, 2.75) is 32.9 Å². The molecule has 21 heavy (non-hydrogen) atoms. The summed E-state index contributed by atoms with van der Waals surface area (Å²) in [6.07, 6.45) is 1.15. The van der Waals surface area contributed by atoms with Crippen LogP contribution in [-0.4, -0.2) is 61.2 Å². The van der Waals surface area contributed by atoms with Crippen molar-refractivity contribution in [2.24, 2.45) is 0 Å². The molecule has 0 amide bonds. The zero-order valence-electron chi connectivity index (χ0n) is 13.6. The van der Waals surface area contributed by atoms with E-state index in [9.17, 15) is 0 Å². The monoisotopic (exact) mass is 293 g/mol. The fourth-order valence-corrected chi connectivity index (χ4v) is 2.81. The molecule has 0 spiro atoms. The Bertz CT molecular complexity index is 429. The van der Waals surface area contributed by atoms with Crippen LogP contribution in [0.25, 0.3) is 0 Å². The fourth-order valence-electron chi connectivity index (χ4n) is 2.81. The minimum Gasteiger partial charge on any atom is -0.377 e. The minimum absolute atomic E-state index is 0.439. The highest BCUT2D eigenvalue weighted by Crippen LogP contribution is 2.21. The van der Waals surface area contributed by atoms with Gasteiger partial charge in [0.2, 0.25) is 0 Å². The number of anilines is 2. The SMILES string of the molecule is CCNc1cc(N2CCCN(C)CC2C)nc(COC)n1. The molecule has 1 N–H and O–H groups in total. The number of methoxy groups -OCH3 is 1. The number of hydrogen-bond donors (Lipinski definition) is 1. The van der Waals surface area contributed by atoms with Crippen LogP contribution in [-0.2, 0) is 11.3 Å². The second kappa shape index (κ2) is 7.56. The van der Waals surface area contributed by atoms with Gasteiger partial charge in [-0.1, -0.05) is 0 Å². The van der Waals surface area contributed by atoms with Gasteiger partial charge >= 0.3 is 0 Å². The smallest absolute Gasteiger partial charge is 0.158 e. The van der Waals surface area contributed by atoms with Crippen molar-refractivity contribution < 1.29 is 4.74 Å². The Morgan fingerprint density at radius 1 is 1.38 bits per heavy atom. The Morgan fingerprint density at radius 3 is 2.90 bits per heavy atom. The molecule has 1 fully saturated rings. The number of rotatable bonds is 5. The molecule has 1 aliphatic heterocycles. The highest BCUT2D eigenvalue weighted by atomic mass is 16.5. The van der Waals surface area contributed by atoms with Gasteiger partial charge in [0, 0.05) is 38.9 Å². The van der Waals surface area contributed by atoms with E-state index in [-0.39, 0.29) is 0 Å². The van der Waals surface area contributed by atoms with Gasteiger partial charge in [-0.25, -0.2) is 9.97 Å². The van der Waals surface area contributed by atoms with E-state index >= 15 is 0 Å². The molecule has 0 bridgehead atoms. The summed E-state index contributed by atoms with van der Waals surface area (Å²) in [6.45, 7) is 8.83. The lowest BCUT2D eigenvalue weighted by Gasteiger charge is -2.29. The van der Waals surface area contributed by atoms with Crippen LogP contribution in [0.4, 0.5) is 11.6 Å². The van der Waals surface area contributed by atoms with Gasteiger partial charge in [-0.05, 0) is 33.9 Å². The zero-order valence-corrected chi connectivity index (χ0v) is 13.6. The van der Waals surface area contributed by atoms with E-state index in [4.69, 9.17) is 4.74 Å². The lowest BCUT2D eigenvalue weighted by atomic mass is 10.2. The largest absolute Gasteiger partial charge is 0.377 e. The molecule has 6 nitrogen and oxygen atoms in total. The highest BCUT2D eigenvalue weighted by molar-refractivity contribution is 5.50. The number of aromatic nitrogens is 2. The normalized spacial score (nSPS) is 20.4. The van der Waals surface area contributed by atoms with E-state index in [0.717, 1.165) is 50.1 Å². The zero-order chi connectivity index (χ0) is 15.2. The number of ether oxygens (including phenoxy) is 1. The number of hydrogen-bond acceptors (Lipinski definition) is 6. The van der Waals surface area contributed by atoms with Crippen LogP contribution in [0, 0.1) is 0 Å². The molecular weight excluding hydrogens is 266 g/mol. The summed E-state index contributed by atoms with van der Waals surface area (Å²) in [5.74, 6) is 2.60. The van der Waals surface area contributed by atoms with Crippen molar-refractivity contribution in [3.8, 4) is 0 Å². The maximum atomic E-state index is 5.19. The van der Waals surface area contributed by atoms with Gasteiger partial charge in [-0.15, -0.1) is 0 Å². The van der Waals surface area contributed by atoms with Gasteiger partial charge in [-0.3, -0.25) is 0 Å². The Morgan fingerprint density at radius 2 is 2.19 bits per heavy atom. The molecule has 0 aliphatic carbocycles. The van der Waals surface area contributed by atoms with E-state index in [2.05, 4.69) is 46.0 Å². The summed E-state index contributed by atoms with van der Waals surface area (Å²) in [4.78, 5) is 13.9. The molecule has 2 rings (SSSR count). The van der Waals surface area contributed by atoms with Crippen molar-refractivity contribution in [1.82, 2.24) is 14.9 Å². The molecular formula is C15H27N5O. The first-order valence-electron chi connectivity index (χ1n) is 7.70. The molecule has 1 unspecified atom stereocenters. The molecule has 6 heteroatoms. The predicted octanol–water partition coefficient (Wildman–Crippen LogP) is 1.59. The lowest BCUT2D eigenvalue weighted by Crippen LogP contribution is -2.38. The molecule has 1 aliphatic rings. The minimum atomic E-state index is 0.439. The molecule has 1 saturated heterocycles. The summed E-state index contributed by atoms with van der Waals surface area (Å²) in [5, 5.41) is 3.28. The summed E-state index contributed by atoms with van der Waals surface area (Å²) in [7, 11) is 3.85. The van der Waals surface area contributed by atoms with Crippen molar-refractivity contribution in [1.29, 1.82) is 0 Å². The first kappa shape index (κ1) is 16.0. The maximum Gasteiger partial charge on any atom is 0.158 e. The maximum absolute atomic E-state index is 5.19. The van der Waals surface area contributed by atoms with Crippen LogP contribution < -0.4 is 10.2 Å². The van der Waals surface area contributed by atoms with Gasteiger partial charge < -0.3 is 19.9 Å². The summed E-state index contributed by atoms with van der Waals surface area (Å²) >= 11 is 0. The van der Waals surface area contributed by atoms with Gasteiger partial charge in [0.1, 0.15) is 18.2 Å². The summed E-state index contributed by atoms with van der Waals surface area (Å²) in [6, 6.07) is 2.49. The van der Waals surface area contributed by atoms with E-state index in [1.54, 1.807) is 7.11 Å². The molecule has 1 aromatic heterocycles. The van der Waals surface area contributed by atoms with Gasteiger partial charge in [0.15, 0.2) is 5.82 Å².